The summed E-state index contributed by atoms with van der Waals surface area (Å²) in [5.41, 5.74) is 0. The first-order chi connectivity index (χ1) is 9.26. The number of halogens is 1. The van der Waals surface area contributed by atoms with Crippen LogP contribution in [0.2, 0.25) is 0 Å². The smallest absolute Gasteiger partial charge is 0.191 e. The minimum absolute atomic E-state index is 0. The molecule has 20 heavy (non-hydrogen) atoms. The van der Waals surface area contributed by atoms with Crippen molar-refractivity contribution < 1.29 is 0 Å². The molecule has 0 aliphatic carbocycles. The van der Waals surface area contributed by atoms with Crippen molar-refractivity contribution in [1.82, 2.24) is 10.6 Å². The van der Waals surface area contributed by atoms with Crippen LogP contribution in [0.4, 0.5) is 0 Å². The van der Waals surface area contributed by atoms with E-state index < -0.39 is 0 Å². The van der Waals surface area contributed by atoms with Gasteiger partial charge in [-0.1, -0.05) is 31.2 Å². The quantitative estimate of drug-likeness (QED) is 0.240. The number of benzene rings is 1. The van der Waals surface area contributed by atoms with E-state index in [9.17, 15) is 0 Å². The van der Waals surface area contributed by atoms with Crippen LogP contribution in [0.15, 0.2) is 52.9 Å². The van der Waals surface area contributed by atoms with Crippen LogP contribution in [0.1, 0.15) is 13.8 Å². The minimum Gasteiger partial charge on any atom is -0.357 e. The first kappa shape index (κ1) is 19.3. The fraction of sp³-hybridized carbons (Fsp3) is 0.400. The molecule has 0 aromatic heterocycles. The molecule has 0 saturated heterocycles. The Bertz CT molecular complexity index is 395. The fourth-order valence-corrected chi connectivity index (χ4v) is 2.43. The van der Waals surface area contributed by atoms with Crippen molar-refractivity contribution in [3.8, 4) is 0 Å². The summed E-state index contributed by atoms with van der Waals surface area (Å²) in [4.78, 5) is 5.86. The van der Waals surface area contributed by atoms with Gasteiger partial charge in [0, 0.05) is 23.2 Å². The van der Waals surface area contributed by atoms with Crippen LogP contribution >= 0.6 is 35.7 Å². The van der Waals surface area contributed by atoms with E-state index in [-0.39, 0.29) is 24.0 Å². The van der Waals surface area contributed by atoms with Crippen LogP contribution in [0.3, 0.4) is 0 Å². The van der Waals surface area contributed by atoms with E-state index in [0.29, 0.717) is 5.25 Å². The molecule has 0 heterocycles. The summed E-state index contributed by atoms with van der Waals surface area (Å²) in [6.45, 7) is 10.3. The zero-order chi connectivity index (χ0) is 13.9. The number of nitrogens with one attached hydrogen (secondary N) is 2. The van der Waals surface area contributed by atoms with Crippen molar-refractivity contribution in [3.63, 3.8) is 0 Å². The Hall–Kier alpha value is -0.690. The van der Waals surface area contributed by atoms with Crippen molar-refractivity contribution >= 4 is 41.7 Å². The molecule has 0 amide bonds. The summed E-state index contributed by atoms with van der Waals surface area (Å²) in [5.74, 6) is 0.850. The van der Waals surface area contributed by atoms with Gasteiger partial charge in [-0.2, -0.15) is 0 Å². The molecule has 112 valence electrons. The lowest BCUT2D eigenvalue weighted by molar-refractivity contribution is 0.848. The normalized spacial score (nSPS) is 12.2. The summed E-state index contributed by atoms with van der Waals surface area (Å²) in [5, 5.41) is 6.87. The summed E-state index contributed by atoms with van der Waals surface area (Å²) >= 11 is 1.84. The molecule has 1 atom stereocenters. The molecule has 5 heteroatoms. The molecule has 0 aliphatic rings. The Kier molecular flexibility index (Phi) is 11.7. The molecule has 0 fully saturated rings. The lowest BCUT2D eigenvalue weighted by Gasteiger charge is -2.12. The lowest BCUT2D eigenvalue weighted by atomic mass is 10.4. The van der Waals surface area contributed by atoms with Crippen molar-refractivity contribution in [2.75, 3.05) is 19.6 Å². The predicted octanol–water partition coefficient (Wildman–Crippen LogP) is 3.53. The van der Waals surface area contributed by atoms with Crippen LogP contribution < -0.4 is 10.6 Å². The van der Waals surface area contributed by atoms with Gasteiger partial charge in [0.2, 0.25) is 0 Å². The third-order valence-electron chi connectivity index (χ3n) is 2.35. The predicted molar refractivity (Wildman–Crippen MR) is 101 cm³/mol. The summed E-state index contributed by atoms with van der Waals surface area (Å²) in [6.07, 6.45) is 1.83. The van der Waals surface area contributed by atoms with Gasteiger partial charge in [0.15, 0.2) is 5.96 Å². The van der Waals surface area contributed by atoms with E-state index in [2.05, 4.69) is 60.3 Å². The highest BCUT2D eigenvalue weighted by atomic mass is 127. The number of thioether (sulfide) groups is 1. The molecular formula is C15H24IN3S. The number of rotatable bonds is 7. The highest BCUT2D eigenvalue weighted by Crippen LogP contribution is 2.22. The molecule has 1 aromatic carbocycles. The van der Waals surface area contributed by atoms with Crippen molar-refractivity contribution in [2.45, 2.75) is 24.0 Å². The van der Waals surface area contributed by atoms with Crippen LogP contribution in [-0.4, -0.2) is 30.8 Å². The zero-order valence-corrected chi connectivity index (χ0v) is 15.3. The highest BCUT2D eigenvalue weighted by Gasteiger charge is 2.04. The standard InChI is InChI=1S/C15H23N3S.HI/c1-4-11-17-15(16-5-2)18-12-13(3)19-14-9-7-6-8-10-14;/h4,6-10,13H,1,5,11-12H2,2-3H3,(H2,16,17,18);1H. The van der Waals surface area contributed by atoms with Crippen molar-refractivity contribution in [3.05, 3.63) is 43.0 Å². The average Bonchev–Trinajstić information content (AvgIpc) is 2.43. The molecule has 0 aliphatic heterocycles. The van der Waals surface area contributed by atoms with E-state index >= 15 is 0 Å². The van der Waals surface area contributed by atoms with E-state index in [0.717, 1.165) is 25.6 Å². The Balaban J connectivity index is 0.00000361. The molecule has 1 rings (SSSR count). The molecule has 0 bridgehead atoms. The third kappa shape index (κ3) is 8.47. The van der Waals surface area contributed by atoms with E-state index in [1.165, 1.54) is 4.90 Å². The van der Waals surface area contributed by atoms with Gasteiger partial charge in [-0.25, -0.2) is 0 Å². The zero-order valence-electron chi connectivity index (χ0n) is 12.1. The Morgan fingerprint density at radius 2 is 2.05 bits per heavy atom. The van der Waals surface area contributed by atoms with Gasteiger partial charge in [0.1, 0.15) is 0 Å². The van der Waals surface area contributed by atoms with Gasteiger partial charge in [-0.05, 0) is 19.1 Å². The molecule has 0 spiro atoms. The van der Waals surface area contributed by atoms with E-state index in [1.807, 2.05) is 23.9 Å². The monoisotopic (exact) mass is 405 g/mol. The topological polar surface area (TPSA) is 36.4 Å². The van der Waals surface area contributed by atoms with Gasteiger partial charge in [0.05, 0.1) is 6.54 Å². The molecule has 0 saturated carbocycles. The van der Waals surface area contributed by atoms with E-state index in [1.54, 1.807) is 0 Å². The largest absolute Gasteiger partial charge is 0.357 e. The molecule has 1 aromatic rings. The molecule has 1 unspecified atom stereocenters. The SMILES string of the molecule is C=CCNC(=NCC(C)Sc1ccccc1)NCC.I. The lowest BCUT2D eigenvalue weighted by Crippen LogP contribution is -2.37. The number of hydrogen-bond acceptors (Lipinski definition) is 2. The second-order valence-electron chi connectivity index (χ2n) is 4.13. The second-order valence-corrected chi connectivity index (χ2v) is 5.64. The minimum atomic E-state index is 0. The maximum atomic E-state index is 4.57. The van der Waals surface area contributed by atoms with Crippen LogP contribution in [-0.2, 0) is 0 Å². The summed E-state index contributed by atoms with van der Waals surface area (Å²) < 4.78 is 0. The Morgan fingerprint density at radius 3 is 2.65 bits per heavy atom. The van der Waals surface area contributed by atoms with Crippen LogP contribution in [0, 0.1) is 0 Å². The van der Waals surface area contributed by atoms with Gasteiger partial charge < -0.3 is 10.6 Å². The number of guanidine groups is 1. The summed E-state index contributed by atoms with van der Waals surface area (Å²) in [6, 6.07) is 10.4. The first-order valence-electron chi connectivity index (χ1n) is 6.61. The molecule has 0 radical (unpaired) electrons. The highest BCUT2D eigenvalue weighted by molar-refractivity contribution is 14.0. The van der Waals surface area contributed by atoms with Crippen LogP contribution in [0.5, 0.6) is 0 Å². The van der Waals surface area contributed by atoms with Gasteiger partial charge in [-0.15, -0.1) is 42.3 Å². The Morgan fingerprint density at radius 1 is 1.35 bits per heavy atom. The number of aliphatic imine (C=N–C) groups is 1. The number of hydrogen-bond donors (Lipinski definition) is 2. The van der Waals surface area contributed by atoms with Crippen molar-refractivity contribution in [1.29, 1.82) is 0 Å². The van der Waals surface area contributed by atoms with E-state index in [4.69, 9.17) is 0 Å². The second kappa shape index (κ2) is 12.1. The van der Waals surface area contributed by atoms with Crippen LogP contribution in [0.25, 0.3) is 0 Å². The third-order valence-corrected chi connectivity index (χ3v) is 3.44. The maximum Gasteiger partial charge on any atom is 0.191 e. The first-order valence-corrected chi connectivity index (χ1v) is 7.49. The Labute approximate surface area is 143 Å². The van der Waals surface area contributed by atoms with Crippen molar-refractivity contribution in [2.24, 2.45) is 4.99 Å². The fourth-order valence-electron chi connectivity index (χ4n) is 1.50. The van der Waals surface area contributed by atoms with Gasteiger partial charge in [0.25, 0.3) is 0 Å². The average molecular weight is 405 g/mol. The number of nitrogens with zero attached hydrogens (tertiary/aromatic N) is 1. The molecule has 3 nitrogen and oxygen atoms in total. The molecular weight excluding hydrogens is 381 g/mol. The van der Waals surface area contributed by atoms with Gasteiger partial charge >= 0.3 is 0 Å². The summed E-state index contributed by atoms with van der Waals surface area (Å²) in [7, 11) is 0. The maximum absolute atomic E-state index is 4.57. The van der Waals surface area contributed by atoms with Gasteiger partial charge in [-0.3, -0.25) is 4.99 Å². The molecule has 2 N–H and O–H groups in total.